The van der Waals surface area contributed by atoms with E-state index in [9.17, 15) is 8.42 Å². The zero-order chi connectivity index (χ0) is 15.5. The van der Waals surface area contributed by atoms with Gasteiger partial charge in [-0.3, -0.25) is 0 Å². The van der Waals surface area contributed by atoms with E-state index in [0.29, 0.717) is 10.7 Å². The summed E-state index contributed by atoms with van der Waals surface area (Å²) in [6.07, 6.45) is 0. The molecule has 0 amide bonds. The Bertz CT molecular complexity index is 757. The molecule has 2 aromatic rings. The average molecular weight is 388 g/mol. The molecule has 0 heterocycles. The highest BCUT2D eigenvalue weighted by molar-refractivity contribution is 9.10. The van der Waals surface area contributed by atoms with Gasteiger partial charge in [-0.1, -0.05) is 39.7 Å². The van der Waals surface area contributed by atoms with Gasteiger partial charge in [0.25, 0.3) is 10.0 Å². The van der Waals surface area contributed by atoms with E-state index in [2.05, 4.69) is 25.9 Å². The normalized spacial score (nSPS) is 12.2. The second-order valence-corrected chi connectivity index (χ2v) is 7.27. The Kier molecular flexibility index (Phi) is 5.03. The molecule has 110 valence electrons. The number of halogens is 2. The Labute approximate surface area is 137 Å². The van der Waals surface area contributed by atoms with Gasteiger partial charge in [0.1, 0.15) is 0 Å². The van der Waals surface area contributed by atoms with E-state index in [4.69, 9.17) is 11.6 Å². The van der Waals surface area contributed by atoms with Crippen LogP contribution in [0.3, 0.4) is 0 Å². The van der Waals surface area contributed by atoms with Crippen molar-refractivity contribution in [2.45, 2.75) is 11.8 Å². The smallest absolute Gasteiger partial charge is 0.200 e. The first-order valence-corrected chi connectivity index (χ1v) is 8.61. The summed E-state index contributed by atoms with van der Waals surface area (Å²) in [6.45, 7) is 1.72. The van der Waals surface area contributed by atoms with Gasteiger partial charge in [-0.2, -0.15) is 18.4 Å². The summed E-state index contributed by atoms with van der Waals surface area (Å²) in [6, 6.07) is 13.3. The minimum absolute atomic E-state index is 0.151. The molecule has 1 N–H and O–H groups in total. The van der Waals surface area contributed by atoms with Crippen LogP contribution >= 0.6 is 27.5 Å². The topological polar surface area (TPSA) is 58.5 Å². The lowest BCUT2D eigenvalue weighted by atomic mass is 10.1. The first kappa shape index (κ1) is 16.0. The van der Waals surface area contributed by atoms with E-state index in [1.807, 2.05) is 0 Å². The van der Waals surface area contributed by atoms with Gasteiger partial charge < -0.3 is 0 Å². The van der Waals surface area contributed by atoms with E-state index in [1.54, 1.807) is 43.3 Å². The van der Waals surface area contributed by atoms with Crippen molar-refractivity contribution in [2.24, 2.45) is 5.10 Å². The Morgan fingerprint density at radius 2 is 1.67 bits per heavy atom. The maximum absolute atomic E-state index is 12.1. The molecule has 2 aromatic carbocycles. The molecule has 0 fully saturated rings. The molecule has 0 saturated heterocycles. The van der Waals surface area contributed by atoms with Gasteiger partial charge in [0.15, 0.2) is 0 Å². The van der Waals surface area contributed by atoms with Gasteiger partial charge in [0.05, 0.1) is 10.6 Å². The molecule has 4 nitrogen and oxygen atoms in total. The molecule has 0 atom stereocenters. The Morgan fingerprint density at radius 1 is 1.10 bits per heavy atom. The highest BCUT2D eigenvalue weighted by Gasteiger charge is 2.12. The van der Waals surface area contributed by atoms with Crippen molar-refractivity contribution in [3.8, 4) is 0 Å². The maximum Gasteiger partial charge on any atom is 0.276 e. The second kappa shape index (κ2) is 6.60. The first-order chi connectivity index (χ1) is 9.88. The number of nitrogens with one attached hydrogen (secondary N) is 1. The third-order valence-electron chi connectivity index (χ3n) is 2.72. The highest BCUT2D eigenvalue weighted by Crippen LogP contribution is 2.15. The summed E-state index contributed by atoms with van der Waals surface area (Å²) in [5, 5.41) is 4.53. The number of hydrogen-bond acceptors (Lipinski definition) is 3. The van der Waals surface area contributed by atoms with E-state index >= 15 is 0 Å². The third kappa shape index (κ3) is 4.30. The Hall–Kier alpha value is -1.37. The zero-order valence-corrected chi connectivity index (χ0v) is 14.2. The van der Waals surface area contributed by atoms with Crippen molar-refractivity contribution in [3.05, 3.63) is 63.6 Å². The standard InChI is InChI=1S/C14H12BrClN2O2S/c1-10(11-2-6-13(16)7-3-11)17-18-21(19,20)14-8-4-12(15)5-9-14/h2-9,18H,1H3. The Balaban J connectivity index is 2.18. The molecule has 0 aliphatic carbocycles. The lowest BCUT2D eigenvalue weighted by molar-refractivity contribution is 0.584. The number of rotatable bonds is 4. The van der Waals surface area contributed by atoms with Crippen LogP contribution in [0.4, 0.5) is 0 Å². The van der Waals surface area contributed by atoms with Gasteiger partial charge in [0.2, 0.25) is 0 Å². The van der Waals surface area contributed by atoms with Crippen molar-refractivity contribution < 1.29 is 8.42 Å². The zero-order valence-electron chi connectivity index (χ0n) is 11.0. The fourth-order valence-corrected chi connectivity index (χ4v) is 2.80. The lowest BCUT2D eigenvalue weighted by Gasteiger charge is -2.05. The molecule has 2 rings (SSSR count). The number of nitrogens with zero attached hydrogens (tertiary/aromatic N) is 1. The molecule has 7 heteroatoms. The van der Waals surface area contributed by atoms with Crippen LogP contribution < -0.4 is 4.83 Å². The van der Waals surface area contributed by atoms with Crippen molar-refractivity contribution in [3.63, 3.8) is 0 Å². The maximum atomic E-state index is 12.1. The van der Waals surface area contributed by atoms with Crippen LogP contribution in [0.2, 0.25) is 5.02 Å². The molecular formula is C14H12BrClN2O2S. The molecule has 0 saturated carbocycles. The quantitative estimate of drug-likeness (QED) is 0.640. The predicted molar refractivity (Wildman–Crippen MR) is 88.1 cm³/mol. The van der Waals surface area contributed by atoms with Crippen LogP contribution in [0, 0.1) is 0 Å². The first-order valence-electron chi connectivity index (χ1n) is 5.96. The fraction of sp³-hybridized carbons (Fsp3) is 0.0714. The molecule has 0 aromatic heterocycles. The molecule has 0 spiro atoms. The Morgan fingerprint density at radius 3 is 2.24 bits per heavy atom. The van der Waals surface area contributed by atoms with Crippen molar-refractivity contribution in [2.75, 3.05) is 0 Å². The second-order valence-electron chi connectivity index (χ2n) is 4.25. The van der Waals surface area contributed by atoms with Crippen molar-refractivity contribution in [1.82, 2.24) is 4.83 Å². The van der Waals surface area contributed by atoms with Crippen LogP contribution in [0.1, 0.15) is 12.5 Å². The van der Waals surface area contributed by atoms with E-state index in [-0.39, 0.29) is 4.90 Å². The van der Waals surface area contributed by atoms with Crippen LogP contribution in [-0.2, 0) is 10.0 Å². The SMILES string of the molecule is CC(=NNS(=O)(=O)c1ccc(Br)cc1)c1ccc(Cl)cc1. The summed E-state index contributed by atoms with van der Waals surface area (Å²) in [7, 11) is -3.67. The van der Waals surface area contributed by atoms with Crippen LogP contribution in [0.15, 0.2) is 63.0 Å². The van der Waals surface area contributed by atoms with Gasteiger partial charge in [-0.25, -0.2) is 0 Å². The third-order valence-corrected chi connectivity index (χ3v) is 4.72. The van der Waals surface area contributed by atoms with Gasteiger partial charge in [-0.15, -0.1) is 0 Å². The monoisotopic (exact) mass is 386 g/mol. The van der Waals surface area contributed by atoms with Gasteiger partial charge in [0, 0.05) is 9.50 Å². The minimum Gasteiger partial charge on any atom is -0.200 e. The van der Waals surface area contributed by atoms with Crippen LogP contribution in [-0.4, -0.2) is 14.1 Å². The van der Waals surface area contributed by atoms with Crippen LogP contribution in [0.5, 0.6) is 0 Å². The lowest BCUT2D eigenvalue weighted by Crippen LogP contribution is -2.19. The summed E-state index contributed by atoms with van der Waals surface area (Å²) >= 11 is 9.06. The molecular weight excluding hydrogens is 376 g/mol. The summed E-state index contributed by atoms with van der Waals surface area (Å²) < 4.78 is 25.0. The summed E-state index contributed by atoms with van der Waals surface area (Å²) in [5.74, 6) is 0. The molecule has 0 radical (unpaired) electrons. The number of hydrazone groups is 1. The predicted octanol–water partition coefficient (Wildman–Crippen LogP) is 3.81. The molecule has 21 heavy (non-hydrogen) atoms. The number of sulfonamides is 1. The van der Waals surface area contributed by atoms with E-state index in [0.717, 1.165) is 10.0 Å². The van der Waals surface area contributed by atoms with E-state index in [1.165, 1.54) is 12.1 Å². The summed E-state index contributed by atoms with van der Waals surface area (Å²) in [5.41, 5.74) is 1.34. The molecule has 0 aliphatic heterocycles. The minimum atomic E-state index is -3.67. The summed E-state index contributed by atoms with van der Waals surface area (Å²) in [4.78, 5) is 2.37. The number of hydrogen-bond donors (Lipinski definition) is 1. The van der Waals surface area contributed by atoms with Gasteiger partial charge in [-0.05, 0) is 48.9 Å². The van der Waals surface area contributed by atoms with Crippen molar-refractivity contribution >= 4 is 43.3 Å². The number of benzene rings is 2. The van der Waals surface area contributed by atoms with Crippen LogP contribution in [0.25, 0.3) is 0 Å². The molecule has 0 aliphatic rings. The molecule has 0 bridgehead atoms. The van der Waals surface area contributed by atoms with Gasteiger partial charge >= 0.3 is 0 Å². The van der Waals surface area contributed by atoms with Crippen molar-refractivity contribution in [1.29, 1.82) is 0 Å². The largest absolute Gasteiger partial charge is 0.276 e. The fourth-order valence-electron chi connectivity index (χ4n) is 1.55. The average Bonchev–Trinajstić information content (AvgIpc) is 2.46. The van der Waals surface area contributed by atoms with E-state index < -0.39 is 10.0 Å². The molecule has 0 unspecified atom stereocenters. The highest BCUT2D eigenvalue weighted by atomic mass is 79.9.